The van der Waals surface area contributed by atoms with E-state index in [-0.39, 0.29) is 19.5 Å². The van der Waals surface area contributed by atoms with E-state index in [0.717, 1.165) is 10.4 Å². The molecule has 0 unspecified atom stereocenters. The van der Waals surface area contributed by atoms with Gasteiger partial charge in [0, 0.05) is 19.5 Å². The van der Waals surface area contributed by atoms with Crippen LogP contribution in [0.15, 0.2) is 17.0 Å². The zero-order valence-electron chi connectivity index (χ0n) is 11.0. The molecule has 0 saturated carbocycles. The van der Waals surface area contributed by atoms with E-state index in [0.29, 0.717) is 6.07 Å². The highest BCUT2D eigenvalue weighted by molar-refractivity contribution is 7.89. The third kappa shape index (κ3) is 3.69. The van der Waals surface area contributed by atoms with Crippen LogP contribution >= 0.6 is 11.6 Å². The van der Waals surface area contributed by atoms with Gasteiger partial charge in [-0.1, -0.05) is 18.5 Å². The van der Waals surface area contributed by atoms with Crippen LogP contribution in [0, 0.1) is 17.1 Å². The average molecular weight is 335 g/mol. The Balaban J connectivity index is 3.38. The lowest BCUT2D eigenvalue weighted by molar-refractivity contribution is 0.0696. The molecular weight excluding hydrogens is 323 g/mol. The van der Waals surface area contributed by atoms with Crippen LogP contribution in [0.2, 0.25) is 5.02 Å². The van der Waals surface area contributed by atoms with Crippen molar-refractivity contribution < 1.29 is 22.7 Å². The maximum atomic E-state index is 13.6. The molecule has 0 atom stereocenters. The minimum Gasteiger partial charge on any atom is -0.478 e. The minimum atomic E-state index is -4.10. The molecule has 0 aromatic heterocycles. The molecule has 0 aliphatic carbocycles. The van der Waals surface area contributed by atoms with Gasteiger partial charge in [-0.15, -0.1) is 0 Å². The molecule has 0 spiro atoms. The molecule has 21 heavy (non-hydrogen) atoms. The second-order valence-electron chi connectivity index (χ2n) is 3.98. The third-order valence-corrected chi connectivity index (χ3v) is 5.03. The maximum Gasteiger partial charge on any atom is 0.337 e. The Morgan fingerprint density at radius 2 is 2.14 bits per heavy atom. The number of hydrogen-bond acceptors (Lipinski definition) is 4. The second-order valence-corrected chi connectivity index (χ2v) is 6.29. The maximum absolute atomic E-state index is 13.6. The molecule has 1 aromatic carbocycles. The van der Waals surface area contributed by atoms with Gasteiger partial charge in [0.1, 0.15) is 5.82 Å². The second kappa shape index (κ2) is 6.85. The first-order valence-electron chi connectivity index (χ1n) is 5.85. The molecule has 0 saturated heterocycles. The fourth-order valence-electron chi connectivity index (χ4n) is 1.64. The number of halogens is 2. The molecule has 0 radical (unpaired) electrons. The van der Waals surface area contributed by atoms with E-state index in [1.807, 2.05) is 6.07 Å². The quantitative estimate of drug-likeness (QED) is 0.859. The minimum absolute atomic E-state index is 0.0328. The molecule has 1 N–H and O–H groups in total. The zero-order chi connectivity index (χ0) is 16.2. The molecule has 0 amide bonds. The smallest absolute Gasteiger partial charge is 0.337 e. The average Bonchev–Trinajstić information content (AvgIpc) is 2.41. The summed E-state index contributed by atoms with van der Waals surface area (Å²) in [6.07, 6.45) is -0.0328. The van der Waals surface area contributed by atoms with Crippen LogP contribution in [-0.4, -0.2) is 36.9 Å². The number of benzene rings is 1. The summed E-state index contributed by atoms with van der Waals surface area (Å²) in [5.41, 5.74) is -0.633. The summed E-state index contributed by atoms with van der Waals surface area (Å²) in [7, 11) is -4.10. The summed E-state index contributed by atoms with van der Waals surface area (Å²) in [4.78, 5) is 10.4. The Kier molecular flexibility index (Phi) is 5.66. The van der Waals surface area contributed by atoms with E-state index < -0.39 is 37.3 Å². The van der Waals surface area contributed by atoms with Gasteiger partial charge in [-0.25, -0.2) is 17.6 Å². The Morgan fingerprint density at radius 1 is 1.52 bits per heavy atom. The van der Waals surface area contributed by atoms with Crippen molar-refractivity contribution in [3.05, 3.63) is 28.5 Å². The number of sulfonamides is 1. The van der Waals surface area contributed by atoms with E-state index in [4.69, 9.17) is 22.0 Å². The molecule has 1 rings (SSSR count). The highest BCUT2D eigenvalue weighted by Crippen LogP contribution is 2.26. The number of hydrogen-bond donors (Lipinski definition) is 1. The molecule has 9 heteroatoms. The van der Waals surface area contributed by atoms with Crippen molar-refractivity contribution in [3.63, 3.8) is 0 Å². The number of nitriles is 1. The largest absolute Gasteiger partial charge is 0.478 e. The standard InChI is InChI=1S/C12H12ClFN2O4S/c1-2-16(5-3-4-15)21(19,20)8-6-9(12(17)18)11(13)10(14)7-8/h6-7H,2-3,5H2,1H3,(H,17,18). The van der Waals surface area contributed by atoms with E-state index in [1.54, 1.807) is 6.92 Å². The summed E-state index contributed by atoms with van der Waals surface area (Å²) in [5, 5.41) is 16.8. The number of aromatic carboxylic acids is 1. The molecule has 0 aliphatic rings. The lowest BCUT2D eigenvalue weighted by Crippen LogP contribution is -2.32. The number of carboxylic acids is 1. The number of carbonyl (C=O) groups is 1. The van der Waals surface area contributed by atoms with Crippen LogP contribution in [-0.2, 0) is 10.0 Å². The molecular formula is C12H12ClFN2O4S. The molecule has 114 valence electrons. The van der Waals surface area contributed by atoms with E-state index >= 15 is 0 Å². The molecule has 0 bridgehead atoms. The van der Waals surface area contributed by atoms with Gasteiger partial charge in [0.25, 0.3) is 0 Å². The highest BCUT2D eigenvalue weighted by Gasteiger charge is 2.26. The lowest BCUT2D eigenvalue weighted by Gasteiger charge is -2.19. The van der Waals surface area contributed by atoms with Crippen molar-refractivity contribution in [2.24, 2.45) is 0 Å². The SMILES string of the molecule is CCN(CCC#N)S(=O)(=O)c1cc(F)c(Cl)c(C(=O)O)c1. The lowest BCUT2D eigenvalue weighted by atomic mass is 10.2. The first-order valence-corrected chi connectivity index (χ1v) is 7.67. The summed E-state index contributed by atoms with van der Waals surface area (Å²) in [5.74, 6) is -2.66. The zero-order valence-corrected chi connectivity index (χ0v) is 12.6. The van der Waals surface area contributed by atoms with Crippen molar-refractivity contribution in [3.8, 4) is 6.07 Å². The van der Waals surface area contributed by atoms with Crippen molar-refractivity contribution >= 4 is 27.6 Å². The normalized spacial score (nSPS) is 11.4. The predicted octanol–water partition coefficient (Wildman–Crippen LogP) is 2.10. The summed E-state index contributed by atoms with van der Waals surface area (Å²) < 4.78 is 39.2. The predicted molar refractivity (Wildman–Crippen MR) is 73.0 cm³/mol. The van der Waals surface area contributed by atoms with E-state index in [2.05, 4.69) is 0 Å². The fraction of sp³-hybridized carbons (Fsp3) is 0.333. The first-order chi connectivity index (χ1) is 9.75. The van der Waals surface area contributed by atoms with Crippen LogP contribution in [0.3, 0.4) is 0 Å². The van der Waals surface area contributed by atoms with E-state index in [1.165, 1.54) is 0 Å². The summed E-state index contributed by atoms with van der Waals surface area (Å²) in [6.45, 7) is 1.55. The molecule has 6 nitrogen and oxygen atoms in total. The topological polar surface area (TPSA) is 98.5 Å². The number of nitrogens with zero attached hydrogens (tertiary/aromatic N) is 2. The third-order valence-electron chi connectivity index (χ3n) is 2.70. The van der Waals surface area contributed by atoms with Gasteiger partial charge in [-0.3, -0.25) is 0 Å². The van der Waals surface area contributed by atoms with Crippen molar-refractivity contribution in [2.45, 2.75) is 18.2 Å². The van der Waals surface area contributed by atoms with Crippen LogP contribution in [0.1, 0.15) is 23.7 Å². The van der Waals surface area contributed by atoms with Gasteiger partial charge in [-0.2, -0.15) is 9.57 Å². The van der Waals surface area contributed by atoms with Gasteiger partial charge < -0.3 is 5.11 Å². The number of rotatable bonds is 6. The highest BCUT2D eigenvalue weighted by atomic mass is 35.5. The monoisotopic (exact) mass is 334 g/mol. The van der Waals surface area contributed by atoms with Crippen LogP contribution in [0.5, 0.6) is 0 Å². The van der Waals surface area contributed by atoms with Gasteiger partial charge in [-0.05, 0) is 12.1 Å². The Hall–Kier alpha value is -1.69. The van der Waals surface area contributed by atoms with Crippen molar-refractivity contribution in [2.75, 3.05) is 13.1 Å². The fourth-order valence-corrected chi connectivity index (χ4v) is 3.32. The van der Waals surface area contributed by atoms with Gasteiger partial charge in [0.15, 0.2) is 0 Å². The molecule has 0 heterocycles. The Bertz CT molecular complexity index is 700. The summed E-state index contributed by atoms with van der Waals surface area (Å²) >= 11 is 5.50. The molecule has 0 fully saturated rings. The number of carboxylic acid groups (broad SMARTS) is 1. The van der Waals surface area contributed by atoms with Crippen LogP contribution in [0.25, 0.3) is 0 Å². The summed E-state index contributed by atoms with van der Waals surface area (Å²) in [6, 6.07) is 3.28. The van der Waals surface area contributed by atoms with Gasteiger partial charge in [0.05, 0.1) is 21.6 Å². The van der Waals surface area contributed by atoms with Crippen LogP contribution in [0.4, 0.5) is 4.39 Å². The van der Waals surface area contributed by atoms with Crippen molar-refractivity contribution in [1.29, 1.82) is 5.26 Å². The van der Waals surface area contributed by atoms with E-state index in [9.17, 15) is 17.6 Å². The van der Waals surface area contributed by atoms with Gasteiger partial charge in [0.2, 0.25) is 10.0 Å². The van der Waals surface area contributed by atoms with Crippen LogP contribution < -0.4 is 0 Å². The van der Waals surface area contributed by atoms with Gasteiger partial charge >= 0.3 is 5.97 Å². The Morgan fingerprint density at radius 3 is 2.62 bits per heavy atom. The molecule has 1 aromatic rings. The molecule has 0 aliphatic heterocycles. The van der Waals surface area contributed by atoms with Crippen molar-refractivity contribution in [1.82, 2.24) is 4.31 Å². The first kappa shape index (κ1) is 17.4. The Labute approximate surface area is 126 Å².